The zero-order chi connectivity index (χ0) is 11.7. The Morgan fingerprint density at radius 3 is 2.82 bits per heavy atom. The SMILES string of the molecule is O=C(NC1CC1)NC1CCSc2ccccc21. The topological polar surface area (TPSA) is 41.1 Å². The van der Waals surface area contributed by atoms with Gasteiger partial charge in [0.15, 0.2) is 0 Å². The number of carbonyl (C=O) groups is 1. The molecule has 1 fully saturated rings. The first kappa shape index (κ1) is 11.0. The summed E-state index contributed by atoms with van der Waals surface area (Å²) in [5, 5.41) is 6.06. The van der Waals surface area contributed by atoms with E-state index in [1.54, 1.807) is 0 Å². The third-order valence-corrected chi connectivity index (χ3v) is 4.30. The molecule has 1 aromatic rings. The van der Waals surface area contributed by atoms with Gasteiger partial charge in [0.25, 0.3) is 0 Å². The molecule has 3 rings (SSSR count). The van der Waals surface area contributed by atoms with E-state index in [2.05, 4.69) is 28.8 Å². The van der Waals surface area contributed by atoms with Crippen LogP contribution in [0.3, 0.4) is 0 Å². The van der Waals surface area contributed by atoms with Crippen molar-refractivity contribution < 1.29 is 4.79 Å². The Morgan fingerprint density at radius 2 is 2.00 bits per heavy atom. The van der Waals surface area contributed by atoms with E-state index >= 15 is 0 Å². The highest BCUT2D eigenvalue weighted by molar-refractivity contribution is 7.99. The molecule has 17 heavy (non-hydrogen) atoms. The average Bonchev–Trinajstić information content (AvgIpc) is 3.13. The highest BCUT2D eigenvalue weighted by atomic mass is 32.2. The second-order valence-corrected chi connectivity index (χ2v) is 5.76. The average molecular weight is 248 g/mol. The number of benzene rings is 1. The van der Waals surface area contributed by atoms with Crippen molar-refractivity contribution in [3.63, 3.8) is 0 Å². The van der Waals surface area contributed by atoms with E-state index in [1.807, 2.05) is 17.8 Å². The Kier molecular flexibility index (Phi) is 2.97. The zero-order valence-corrected chi connectivity index (χ0v) is 10.4. The van der Waals surface area contributed by atoms with Gasteiger partial charge in [0.05, 0.1) is 6.04 Å². The summed E-state index contributed by atoms with van der Waals surface area (Å²) in [5.41, 5.74) is 1.26. The molecule has 1 aliphatic heterocycles. The molecule has 0 spiro atoms. The first-order valence-corrected chi connectivity index (χ1v) is 7.10. The van der Waals surface area contributed by atoms with Gasteiger partial charge in [-0.25, -0.2) is 4.79 Å². The molecule has 2 N–H and O–H groups in total. The molecule has 1 aromatic carbocycles. The molecule has 2 amide bonds. The molecule has 4 heteroatoms. The zero-order valence-electron chi connectivity index (χ0n) is 9.61. The monoisotopic (exact) mass is 248 g/mol. The van der Waals surface area contributed by atoms with E-state index in [4.69, 9.17) is 0 Å². The molecule has 0 bridgehead atoms. The van der Waals surface area contributed by atoms with Gasteiger partial charge in [-0.3, -0.25) is 0 Å². The summed E-state index contributed by atoms with van der Waals surface area (Å²) in [4.78, 5) is 13.0. The number of hydrogen-bond donors (Lipinski definition) is 2. The summed E-state index contributed by atoms with van der Waals surface area (Å²) >= 11 is 1.87. The summed E-state index contributed by atoms with van der Waals surface area (Å²) in [6.07, 6.45) is 3.27. The van der Waals surface area contributed by atoms with Crippen LogP contribution in [0.1, 0.15) is 30.9 Å². The lowest BCUT2D eigenvalue weighted by Crippen LogP contribution is -2.39. The van der Waals surface area contributed by atoms with Gasteiger partial charge < -0.3 is 10.6 Å². The minimum atomic E-state index is -0.0146. The van der Waals surface area contributed by atoms with Crippen molar-refractivity contribution in [3.05, 3.63) is 29.8 Å². The molecular weight excluding hydrogens is 232 g/mol. The predicted molar refractivity (Wildman–Crippen MR) is 69.2 cm³/mol. The standard InChI is InChI=1S/C13H16N2OS/c16-13(14-9-5-6-9)15-11-7-8-17-12-4-2-1-3-10(11)12/h1-4,9,11H,5-8H2,(H2,14,15,16). The molecule has 1 atom stereocenters. The lowest BCUT2D eigenvalue weighted by atomic mass is 10.0. The van der Waals surface area contributed by atoms with Crippen LogP contribution in [0.4, 0.5) is 4.79 Å². The summed E-state index contributed by atoms with van der Waals surface area (Å²) in [6.45, 7) is 0. The van der Waals surface area contributed by atoms with Crippen LogP contribution in [0, 0.1) is 0 Å². The quantitative estimate of drug-likeness (QED) is 0.845. The second kappa shape index (κ2) is 4.61. The fourth-order valence-corrected chi connectivity index (χ4v) is 3.23. The normalized spacial score (nSPS) is 22.7. The molecule has 1 unspecified atom stereocenters. The number of hydrogen-bond acceptors (Lipinski definition) is 2. The van der Waals surface area contributed by atoms with Gasteiger partial charge in [0.1, 0.15) is 0 Å². The van der Waals surface area contributed by atoms with Gasteiger partial charge in [-0.1, -0.05) is 18.2 Å². The van der Waals surface area contributed by atoms with E-state index in [1.165, 1.54) is 10.5 Å². The molecular formula is C13H16N2OS. The molecule has 0 radical (unpaired) electrons. The van der Waals surface area contributed by atoms with Crippen molar-refractivity contribution in [2.24, 2.45) is 0 Å². The number of amides is 2. The Bertz CT molecular complexity index is 431. The first-order valence-electron chi connectivity index (χ1n) is 6.12. The van der Waals surface area contributed by atoms with Crippen LogP contribution >= 0.6 is 11.8 Å². The van der Waals surface area contributed by atoms with Gasteiger partial charge in [-0.05, 0) is 30.9 Å². The van der Waals surface area contributed by atoms with E-state index in [0.29, 0.717) is 6.04 Å². The molecule has 0 aromatic heterocycles. The lowest BCUT2D eigenvalue weighted by molar-refractivity contribution is 0.236. The fourth-order valence-electron chi connectivity index (χ4n) is 2.10. The number of nitrogens with one attached hydrogen (secondary N) is 2. The fraction of sp³-hybridized carbons (Fsp3) is 0.462. The highest BCUT2D eigenvalue weighted by Crippen LogP contribution is 2.35. The molecule has 0 saturated heterocycles. The minimum Gasteiger partial charge on any atom is -0.335 e. The van der Waals surface area contributed by atoms with Crippen molar-refractivity contribution in [1.29, 1.82) is 0 Å². The number of carbonyl (C=O) groups excluding carboxylic acids is 1. The highest BCUT2D eigenvalue weighted by Gasteiger charge is 2.26. The van der Waals surface area contributed by atoms with Gasteiger partial charge in [0, 0.05) is 16.7 Å². The Balaban J connectivity index is 1.69. The van der Waals surface area contributed by atoms with Crippen LogP contribution in [0.2, 0.25) is 0 Å². The first-order chi connectivity index (χ1) is 8.33. The van der Waals surface area contributed by atoms with Crippen molar-refractivity contribution in [1.82, 2.24) is 10.6 Å². The van der Waals surface area contributed by atoms with Crippen LogP contribution in [0.5, 0.6) is 0 Å². The van der Waals surface area contributed by atoms with Crippen molar-refractivity contribution >= 4 is 17.8 Å². The molecule has 90 valence electrons. The van der Waals surface area contributed by atoms with E-state index in [-0.39, 0.29) is 12.1 Å². The smallest absolute Gasteiger partial charge is 0.315 e. The van der Waals surface area contributed by atoms with E-state index < -0.39 is 0 Å². The minimum absolute atomic E-state index is 0.0146. The summed E-state index contributed by atoms with van der Waals surface area (Å²) < 4.78 is 0. The third-order valence-electron chi connectivity index (χ3n) is 3.18. The summed E-state index contributed by atoms with van der Waals surface area (Å²) in [6, 6.07) is 8.92. The molecule has 3 nitrogen and oxygen atoms in total. The third kappa shape index (κ3) is 2.57. The van der Waals surface area contributed by atoms with Gasteiger partial charge in [0.2, 0.25) is 0 Å². The van der Waals surface area contributed by atoms with Crippen LogP contribution in [-0.2, 0) is 0 Å². The molecule has 2 aliphatic rings. The van der Waals surface area contributed by atoms with E-state index in [9.17, 15) is 4.79 Å². The van der Waals surface area contributed by atoms with Crippen LogP contribution in [0.15, 0.2) is 29.2 Å². The van der Waals surface area contributed by atoms with Crippen LogP contribution in [0.25, 0.3) is 0 Å². The predicted octanol–water partition coefficient (Wildman–Crippen LogP) is 2.69. The Labute approximate surface area is 105 Å². The van der Waals surface area contributed by atoms with Crippen LogP contribution < -0.4 is 10.6 Å². The summed E-state index contributed by atoms with van der Waals surface area (Å²) in [7, 11) is 0. The summed E-state index contributed by atoms with van der Waals surface area (Å²) in [5.74, 6) is 1.07. The number of urea groups is 1. The maximum absolute atomic E-state index is 11.7. The van der Waals surface area contributed by atoms with Gasteiger partial charge in [-0.2, -0.15) is 0 Å². The number of rotatable bonds is 2. The van der Waals surface area contributed by atoms with Crippen molar-refractivity contribution in [2.45, 2.75) is 36.2 Å². The number of fused-ring (bicyclic) bond motifs is 1. The van der Waals surface area contributed by atoms with E-state index in [0.717, 1.165) is 25.0 Å². The van der Waals surface area contributed by atoms with Gasteiger partial charge >= 0.3 is 6.03 Å². The van der Waals surface area contributed by atoms with Crippen molar-refractivity contribution in [3.8, 4) is 0 Å². The molecule has 1 heterocycles. The largest absolute Gasteiger partial charge is 0.335 e. The lowest BCUT2D eigenvalue weighted by Gasteiger charge is -2.25. The van der Waals surface area contributed by atoms with Gasteiger partial charge in [-0.15, -0.1) is 11.8 Å². The number of thioether (sulfide) groups is 1. The molecule has 1 aliphatic carbocycles. The van der Waals surface area contributed by atoms with Crippen LogP contribution in [-0.4, -0.2) is 17.8 Å². The maximum atomic E-state index is 11.7. The molecule has 1 saturated carbocycles. The maximum Gasteiger partial charge on any atom is 0.315 e. The van der Waals surface area contributed by atoms with Crippen molar-refractivity contribution in [2.75, 3.05) is 5.75 Å². The Hall–Kier alpha value is -1.16. The Morgan fingerprint density at radius 1 is 1.18 bits per heavy atom. The second-order valence-electron chi connectivity index (χ2n) is 4.62.